The lowest BCUT2D eigenvalue weighted by molar-refractivity contribution is -0.140. The van der Waals surface area contributed by atoms with Gasteiger partial charge in [0.25, 0.3) is 0 Å². The number of rotatable bonds is 4. The highest BCUT2D eigenvalue weighted by atomic mass is 35.5. The number of carbonyl (C=O) groups excluding carboxylic acids is 1. The number of sulfonamides is 1. The van der Waals surface area contributed by atoms with Crippen LogP contribution in [0.2, 0.25) is 5.02 Å². The van der Waals surface area contributed by atoms with Gasteiger partial charge in [0, 0.05) is 12.1 Å². The molecule has 0 amide bonds. The van der Waals surface area contributed by atoms with Crippen molar-refractivity contribution in [2.75, 3.05) is 20.7 Å². The number of benzene rings is 1. The summed E-state index contributed by atoms with van der Waals surface area (Å²) < 4.78 is 29.6. The van der Waals surface area contributed by atoms with E-state index in [1.165, 1.54) is 26.3 Å². The first kappa shape index (κ1) is 14.9. The fraction of sp³-hybridized carbons (Fsp3) is 0.364. The molecule has 0 fully saturated rings. The maximum Gasteiger partial charge on any atom is 0.321 e. The summed E-state index contributed by atoms with van der Waals surface area (Å²) in [6, 6.07) is 4.42. The highest BCUT2D eigenvalue weighted by Crippen LogP contribution is 2.22. The van der Waals surface area contributed by atoms with Crippen LogP contribution in [0.3, 0.4) is 0 Å². The number of aryl methyl sites for hydroxylation is 1. The summed E-state index contributed by atoms with van der Waals surface area (Å²) in [5.74, 6) is -0.626. The highest BCUT2D eigenvalue weighted by Gasteiger charge is 2.23. The van der Waals surface area contributed by atoms with Crippen molar-refractivity contribution in [3.05, 3.63) is 28.8 Å². The molecule has 0 saturated carbocycles. The molecule has 0 unspecified atom stereocenters. The number of methoxy groups -OCH3 is 1. The Morgan fingerprint density at radius 3 is 2.56 bits per heavy atom. The third-order valence-electron chi connectivity index (χ3n) is 2.43. The monoisotopic (exact) mass is 291 g/mol. The van der Waals surface area contributed by atoms with E-state index in [0.717, 1.165) is 9.87 Å². The molecule has 100 valence electrons. The first-order valence-corrected chi connectivity index (χ1v) is 6.90. The van der Waals surface area contributed by atoms with E-state index in [0.29, 0.717) is 5.02 Å². The number of likely N-dealkylation sites (N-methyl/N-ethyl adjacent to an activating group) is 1. The molecule has 18 heavy (non-hydrogen) atoms. The minimum Gasteiger partial charge on any atom is -0.468 e. The Hall–Kier alpha value is -1.11. The summed E-state index contributed by atoms with van der Waals surface area (Å²) in [5.41, 5.74) is 0.784. The molecule has 0 atom stereocenters. The topological polar surface area (TPSA) is 63.7 Å². The second-order valence-electron chi connectivity index (χ2n) is 3.75. The Labute approximate surface area is 111 Å². The van der Waals surface area contributed by atoms with E-state index in [1.54, 1.807) is 13.0 Å². The number of nitrogens with zero attached hydrogens (tertiary/aromatic N) is 1. The van der Waals surface area contributed by atoms with Crippen LogP contribution in [0.15, 0.2) is 23.1 Å². The molecule has 0 radical (unpaired) electrons. The molecule has 7 heteroatoms. The van der Waals surface area contributed by atoms with Gasteiger partial charge in [0.15, 0.2) is 0 Å². The first-order valence-electron chi connectivity index (χ1n) is 5.08. The number of halogens is 1. The molecule has 0 aliphatic rings. The summed E-state index contributed by atoms with van der Waals surface area (Å²) in [6.45, 7) is 1.43. The second kappa shape index (κ2) is 5.69. The molecule has 0 bridgehead atoms. The van der Waals surface area contributed by atoms with E-state index >= 15 is 0 Å². The summed E-state index contributed by atoms with van der Waals surface area (Å²) in [5, 5.41) is 0.363. The third-order valence-corrected chi connectivity index (χ3v) is 4.64. The Morgan fingerprint density at radius 2 is 2.06 bits per heavy atom. The maximum absolute atomic E-state index is 12.1. The Morgan fingerprint density at radius 1 is 1.44 bits per heavy atom. The molecular formula is C11H14ClNO4S. The van der Waals surface area contributed by atoms with Crippen LogP contribution in [0.5, 0.6) is 0 Å². The van der Waals surface area contributed by atoms with Crippen molar-refractivity contribution in [2.24, 2.45) is 0 Å². The normalized spacial score (nSPS) is 11.6. The van der Waals surface area contributed by atoms with Gasteiger partial charge in [-0.25, -0.2) is 8.42 Å². The van der Waals surface area contributed by atoms with Crippen LogP contribution in [0.4, 0.5) is 0 Å². The summed E-state index contributed by atoms with van der Waals surface area (Å²) >= 11 is 5.88. The molecular weight excluding hydrogens is 278 g/mol. The van der Waals surface area contributed by atoms with Gasteiger partial charge in [-0.2, -0.15) is 4.31 Å². The van der Waals surface area contributed by atoms with E-state index in [1.807, 2.05) is 0 Å². The minimum absolute atomic E-state index is 0.0458. The zero-order valence-electron chi connectivity index (χ0n) is 10.3. The molecule has 0 aliphatic heterocycles. The predicted octanol–water partition coefficient (Wildman–Crippen LogP) is 1.44. The predicted molar refractivity (Wildman–Crippen MR) is 68.0 cm³/mol. The van der Waals surface area contributed by atoms with Crippen molar-refractivity contribution in [1.29, 1.82) is 0 Å². The van der Waals surface area contributed by atoms with Crippen LogP contribution in [0, 0.1) is 6.92 Å². The van der Waals surface area contributed by atoms with Gasteiger partial charge in [-0.3, -0.25) is 4.79 Å². The lowest BCUT2D eigenvalue weighted by atomic mass is 10.2. The molecule has 1 aromatic carbocycles. The fourth-order valence-corrected chi connectivity index (χ4v) is 2.63. The van der Waals surface area contributed by atoms with Crippen LogP contribution in [-0.4, -0.2) is 39.4 Å². The van der Waals surface area contributed by atoms with Crippen molar-refractivity contribution < 1.29 is 17.9 Å². The van der Waals surface area contributed by atoms with Gasteiger partial charge in [0.05, 0.1) is 12.0 Å². The summed E-state index contributed by atoms with van der Waals surface area (Å²) in [4.78, 5) is 11.1. The van der Waals surface area contributed by atoms with Gasteiger partial charge in [-0.05, 0) is 24.6 Å². The van der Waals surface area contributed by atoms with E-state index in [4.69, 9.17) is 11.6 Å². The van der Waals surface area contributed by atoms with Crippen molar-refractivity contribution in [3.8, 4) is 0 Å². The molecule has 0 aliphatic carbocycles. The molecule has 0 spiro atoms. The molecule has 1 rings (SSSR count). The molecule has 0 N–H and O–H groups in total. The van der Waals surface area contributed by atoms with E-state index in [2.05, 4.69) is 4.74 Å². The van der Waals surface area contributed by atoms with Gasteiger partial charge in [0.1, 0.15) is 6.54 Å². The Balaban J connectivity index is 3.05. The summed E-state index contributed by atoms with van der Waals surface area (Å²) in [7, 11) is -1.23. The number of esters is 1. The average Bonchev–Trinajstić information content (AvgIpc) is 2.32. The smallest absolute Gasteiger partial charge is 0.321 e. The lowest BCUT2D eigenvalue weighted by Crippen LogP contribution is -2.32. The van der Waals surface area contributed by atoms with Crippen molar-refractivity contribution in [3.63, 3.8) is 0 Å². The quantitative estimate of drug-likeness (QED) is 0.788. The minimum atomic E-state index is -3.74. The standard InChI is InChI=1S/C11H14ClNO4S/c1-8-4-5-9(6-10(8)12)18(15,16)13(2)7-11(14)17-3/h4-6H,7H2,1-3H3. The van der Waals surface area contributed by atoms with E-state index < -0.39 is 16.0 Å². The highest BCUT2D eigenvalue weighted by molar-refractivity contribution is 7.89. The molecule has 0 aromatic heterocycles. The zero-order valence-corrected chi connectivity index (χ0v) is 11.9. The second-order valence-corrected chi connectivity index (χ2v) is 6.20. The Kier molecular flexibility index (Phi) is 4.72. The van der Waals surface area contributed by atoms with Gasteiger partial charge < -0.3 is 4.74 Å². The SMILES string of the molecule is COC(=O)CN(C)S(=O)(=O)c1ccc(C)c(Cl)c1. The molecule has 0 heterocycles. The molecule has 0 saturated heterocycles. The van der Waals surface area contributed by atoms with Crippen molar-refractivity contribution in [1.82, 2.24) is 4.31 Å². The fourth-order valence-electron chi connectivity index (χ4n) is 1.25. The van der Waals surface area contributed by atoms with Crippen LogP contribution >= 0.6 is 11.6 Å². The van der Waals surface area contributed by atoms with Gasteiger partial charge in [0.2, 0.25) is 10.0 Å². The summed E-state index contributed by atoms with van der Waals surface area (Å²) in [6.07, 6.45) is 0. The number of hydrogen-bond acceptors (Lipinski definition) is 4. The van der Waals surface area contributed by atoms with E-state index in [-0.39, 0.29) is 11.4 Å². The van der Waals surface area contributed by atoms with Gasteiger partial charge in [-0.15, -0.1) is 0 Å². The van der Waals surface area contributed by atoms with Crippen LogP contribution in [0.25, 0.3) is 0 Å². The zero-order chi connectivity index (χ0) is 13.9. The molecule has 5 nitrogen and oxygen atoms in total. The first-order chi connectivity index (χ1) is 8.28. The van der Waals surface area contributed by atoms with Crippen molar-refractivity contribution >= 4 is 27.6 Å². The Bertz CT molecular complexity index is 556. The maximum atomic E-state index is 12.1. The van der Waals surface area contributed by atoms with Gasteiger partial charge in [-0.1, -0.05) is 17.7 Å². The third kappa shape index (κ3) is 3.22. The number of carbonyl (C=O) groups is 1. The van der Waals surface area contributed by atoms with Gasteiger partial charge >= 0.3 is 5.97 Å². The average molecular weight is 292 g/mol. The van der Waals surface area contributed by atoms with Crippen LogP contribution in [-0.2, 0) is 19.6 Å². The number of hydrogen-bond donors (Lipinski definition) is 0. The van der Waals surface area contributed by atoms with Crippen LogP contribution < -0.4 is 0 Å². The lowest BCUT2D eigenvalue weighted by Gasteiger charge is -2.16. The van der Waals surface area contributed by atoms with Crippen molar-refractivity contribution in [2.45, 2.75) is 11.8 Å². The number of ether oxygens (including phenoxy) is 1. The van der Waals surface area contributed by atoms with Crippen LogP contribution in [0.1, 0.15) is 5.56 Å². The largest absolute Gasteiger partial charge is 0.468 e. The van der Waals surface area contributed by atoms with E-state index in [9.17, 15) is 13.2 Å². The molecule has 1 aromatic rings.